The molecule has 0 spiro atoms. The average molecular weight is 363 g/mol. The second kappa shape index (κ2) is 6.15. The SMILES string of the molecule is C(#Cc1cccc2nsnc12)C1=CSC(=C2SC=CS2)S1. The maximum absolute atomic E-state index is 4.31. The maximum atomic E-state index is 4.31. The third kappa shape index (κ3) is 2.91. The van der Waals surface area contributed by atoms with Crippen LogP contribution >= 0.6 is 58.8 Å². The number of allylic oxidation sites excluding steroid dienone is 1. The van der Waals surface area contributed by atoms with E-state index in [1.807, 2.05) is 18.2 Å². The van der Waals surface area contributed by atoms with E-state index in [0.717, 1.165) is 21.5 Å². The highest BCUT2D eigenvalue weighted by Crippen LogP contribution is 2.52. The standard InChI is InChI=1S/C14H6N2S5/c1-2-9(12-11(3-1)15-21-16-12)4-5-10-8-19-14(20-10)13-17-6-7-18-13/h1-3,6-8H. The first-order chi connectivity index (χ1) is 10.4. The molecule has 0 atom stereocenters. The first kappa shape index (κ1) is 13.9. The molecule has 21 heavy (non-hydrogen) atoms. The van der Waals surface area contributed by atoms with Gasteiger partial charge < -0.3 is 0 Å². The Bertz CT molecular complexity index is 856. The molecule has 0 radical (unpaired) electrons. The van der Waals surface area contributed by atoms with Crippen LogP contribution in [0.3, 0.4) is 0 Å². The van der Waals surface area contributed by atoms with Gasteiger partial charge >= 0.3 is 0 Å². The summed E-state index contributed by atoms with van der Waals surface area (Å²) >= 11 is 8.30. The van der Waals surface area contributed by atoms with Crippen LogP contribution in [0.5, 0.6) is 0 Å². The summed E-state index contributed by atoms with van der Waals surface area (Å²) in [5, 5.41) is 6.36. The van der Waals surface area contributed by atoms with Crippen LogP contribution in [0.4, 0.5) is 0 Å². The van der Waals surface area contributed by atoms with E-state index in [0.29, 0.717) is 0 Å². The molecule has 3 heterocycles. The molecule has 1 aromatic carbocycles. The number of thioether (sulfide) groups is 4. The summed E-state index contributed by atoms with van der Waals surface area (Å²) in [6.45, 7) is 0. The number of aromatic nitrogens is 2. The largest absolute Gasteiger partial charge is 0.173 e. The van der Waals surface area contributed by atoms with Crippen molar-refractivity contribution in [2.45, 2.75) is 0 Å². The van der Waals surface area contributed by atoms with Crippen molar-refractivity contribution in [3.8, 4) is 11.8 Å². The van der Waals surface area contributed by atoms with Gasteiger partial charge in [-0.1, -0.05) is 65.0 Å². The molecule has 4 rings (SSSR count). The van der Waals surface area contributed by atoms with Crippen molar-refractivity contribution < 1.29 is 0 Å². The average Bonchev–Trinajstić information content (AvgIpc) is 3.23. The minimum Gasteiger partial charge on any atom is -0.173 e. The fraction of sp³-hybridized carbons (Fsp3) is 0. The van der Waals surface area contributed by atoms with Gasteiger partial charge in [0.05, 0.1) is 30.7 Å². The van der Waals surface area contributed by atoms with Gasteiger partial charge in [0.1, 0.15) is 11.0 Å². The number of nitrogens with zero attached hydrogens (tertiary/aromatic N) is 2. The van der Waals surface area contributed by atoms with Crippen molar-refractivity contribution in [2.24, 2.45) is 0 Å². The van der Waals surface area contributed by atoms with Crippen molar-refractivity contribution >= 4 is 69.8 Å². The molecule has 102 valence electrons. The smallest absolute Gasteiger partial charge is 0.120 e. The van der Waals surface area contributed by atoms with E-state index in [9.17, 15) is 0 Å². The van der Waals surface area contributed by atoms with Crippen molar-refractivity contribution in [3.05, 3.63) is 53.4 Å². The lowest BCUT2D eigenvalue weighted by molar-refractivity contribution is 1.61. The molecule has 0 N–H and O–H groups in total. The van der Waals surface area contributed by atoms with Crippen LogP contribution in [0, 0.1) is 11.8 Å². The lowest BCUT2D eigenvalue weighted by atomic mass is 10.2. The van der Waals surface area contributed by atoms with Crippen LogP contribution in [0.1, 0.15) is 5.56 Å². The quantitative estimate of drug-likeness (QED) is 0.579. The van der Waals surface area contributed by atoms with Crippen LogP contribution in [0.2, 0.25) is 0 Å². The Balaban J connectivity index is 1.58. The molecule has 2 aromatic rings. The van der Waals surface area contributed by atoms with Gasteiger partial charge in [-0.15, -0.1) is 0 Å². The Morgan fingerprint density at radius 3 is 2.71 bits per heavy atom. The number of fused-ring (bicyclic) bond motifs is 1. The van der Waals surface area contributed by atoms with Crippen LogP contribution in [0.25, 0.3) is 11.0 Å². The molecule has 2 aliphatic heterocycles. The van der Waals surface area contributed by atoms with Gasteiger partial charge in [-0.3, -0.25) is 0 Å². The predicted molar refractivity (Wildman–Crippen MR) is 98.9 cm³/mol. The number of benzene rings is 1. The predicted octanol–water partition coefficient (Wildman–Crippen LogP) is 5.44. The number of rotatable bonds is 0. The Morgan fingerprint density at radius 1 is 0.905 bits per heavy atom. The van der Waals surface area contributed by atoms with Crippen LogP contribution in [-0.4, -0.2) is 8.75 Å². The summed E-state index contributed by atoms with van der Waals surface area (Å²) in [6.07, 6.45) is 0. The summed E-state index contributed by atoms with van der Waals surface area (Å²) in [5.41, 5.74) is 2.76. The minimum absolute atomic E-state index is 0.899. The summed E-state index contributed by atoms with van der Waals surface area (Å²) in [5.74, 6) is 6.48. The van der Waals surface area contributed by atoms with Gasteiger partial charge in [0.2, 0.25) is 0 Å². The zero-order chi connectivity index (χ0) is 14.1. The zero-order valence-corrected chi connectivity index (χ0v) is 14.5. The van der Waals surface area contributed by atoms with E-state index in [2.05, 4.69) is 36.8 Å². The molecule has 0 saturated carbocycles. The van der Waals surface area contributed by atoms with E-state index in [4.69, 9.17) is 0 Å². The van der Waals surface area contributed by atoms with E-state index in [1.54, 1.807) is 47.0 Å². The molecular formula is C14H6N2S5. The topological polar surface area (TPSA) is 25.8 Å². The Labute approximate surface area is 143 Å². The van der Waals surface area contributed by atoms with Gasteiger partial charge in [-0.2, -0.15) is 8.75 Å². The summed E-state index contributed by atoms with van der Waals surface area (Å²) < 4.78 is 11.2. The Kier molecular flexibility index (Phi) is 4.05. The highest BCUT2D eigenvalue weighted by Gasteiger charge is 2.17. The third-order valence-corrected chi connectivity index (χ3v) is 8.13. The summed E-state index contributed by atoms with van der Waals surface area (Å²) in [6, 6.07) is 5.94. The molecular weight excluding hydrogens is 357 g/mol. The molecule has 1 aromatic heterocycles. The van der Waals surface area contributed by atoms with Crippen LogP contribution in [0.15, 0.2) is 47.8 Å². The molecule has 7 heteroatoms. The summed E-state index contributed by atoms with van der Waals surface area (Å²) in [7, 11) is 0. The Morgan fingerprint density at radius 2 is 1.81 bits per heavy atom. The summed E-state index contributed by atoms with van der Waals surface area (Å²) in [4.78, 5) is 1.09. The van der Waals surface area contributed by atoms with E-state index in [1.165, 1.54) is 20.2 Å². The molecule has 0 amide bonds. The lowest BCUT2D eigenvalue weighted by Crippen LogP contribution is -1.78. The highest BCUT2D eigenvalue weighted by atomic mass is 32.2. The van der Waals surface area contributed by atoms with E-state index >= 15 is 0 Å². The fourth-order valence-electron chi connectivity index (χ4n) is 1.74. The van der Waals surface area contributed by atoms with Gasteiger partial charge in [0, 0.05) is 0 Å². The van der Waals surface area contributed by atoms with E-state index < -0.39 is 0 Å². The van der Waals surface area contributed by atoms with Gasteiger partial charge in [0.15, 0.2) is 0 Å². The normalized spacial score (nSPS) is 17.2. The number of hydrogen-bond donors (Lipinski definition) is 0. The molecule has 0 bridgehead atoms. The number of hydrogen-bond acceptors (Lipinski definition) is 7. The zero-order valence-electron chi connectivity index (χ0n) is 10.4. The molecule has 0 aliphatic carbocycles. The van der Waals surface area contributed by atoms with Crippen molar-refractivity contribution in [1.82, 2.24) is 8.75 Å². The second-order valence-electron chi connectivity index (χ2n) is 3.97. The van der Waals surface area contributed by atoms with Crippen LogP contribution < -0.4 is 0 Å². The van der Waals surface area contributed by atoms with E-state index in [-0.39, 0.29) is 0 Å². The van der Waals surface area contributed by atoms with Crippen LogP contribution in [-0.2, 0) is 0 Å². The first-order valence-electron chi connectivity index (χ1n) is 5.91. The monoisotopic (exact) mass is 362 g/mol. The van der Waals surface area contributed by atoms with Crippen molar-refractivity contribution in [1.29, 1.82) is 0 Å². The second-order valence-corrected chi connectivity index (χ2v) is 8.78. The van der Waals surface area contributed by atoms with Crippen molar-refractivity contribution in [3.63, 3.8) is 0 Å². The van der Waals surface area contributed by atoms with Gasteiger partial charge in [0.25, 0.3) is 0 Å². The lowest BCUT2D eigenvalue weighted by Gasteiger charge is -1.98. The van der Waals surface area contributed by atoms with Gasteiger partial charge in [-0.05, 0) is 28.4 Å². The molecule has 2 aliphatic rings. The molecule has 2 nitrogen and oxygen atoms in total. The Hall–Kier alpha value is -0.780. The highest BCUT2D eigenvalue weighted by molar-refractivity contribution is 8.33. The first-order valence-corrected chi connectivity index (χ1v) is 10.1. The van der Waals surface area contributed by atoms with Gasteiger partial charge in [-0.25, -0.2) is 0 Å². The fourth-order valence-corrected chi connectivity index (χ4v) is 6.54. The minimum atomic E-state index is 0.899. The molecule has 0 saturated heterocycles. The van der Waals surface area contributed by atoms with Crippen molar-refractivity contribution in [2.75, 3.05) is 0 Å². The third-order valence-electron chi connectivity index (χ3n) is 2.65. The maximum Gasteiger partial charge on any atom is 0.120 e. The molecule has 0 fully saturated rings. The molecule has 0 unspecified atom stereocenters.